The quantitative estimate of drug-likeness (QED) is 0.852. The van der Waals surface area contributed by atoms with E-state index in [-0.39, 0.29) is 11.3 Å². The number of hydrogen-bond acceptors (Lipinski definition) is 3. The number of rotatable bonds is 6. The number of nitrogens with one attached hydrogen (secondary N) is 1. The van der Waals surface area contributed by atoms with E-state index in [2.05, 4.69) is 48.4 Å². The van der Waals surface area contributed by atoms with Gasteiger partial charge in [-0.25, -0.2) is 0 Å². The zero-order valence-electron chi connectivity index (χ0n) is 13.1. The third-order valence-corrected chi connectivity index (χ3v) is 3.71. The van der Waals surface area contributed by atoms with Crippen molar-refractivity contribution in [2.24, 2.45) is 0 Å². The summed E-state index contributed by atoms with van der Waals surface area (Å²) in [5.74, 6) is 0.256. The average Bonchev–Trinajstić information content (AvgIpc) is 2.47. The first-order valence-corrected chi connectivity index (χ1v) is 7.41. The molecule has 0 atom stereocenters. The van der Waals surface area contributed by atoms with Crippen molar-refractivity contribution in [1.82, 2.24) is 10.3 Å². The molecule has 0 fully saturated rings. The summed E-state index contributed by atoms with van der Waals surface area (Å²) in [4.78, 5) is 4.38. The first-order valence-electron chi connectivity index (χ1n) is 7.41. The molecule has 2 N–H and O–H groups in total. The number of aromatic hydroxyl groups is 1. The molecule has 0 aliphatic carbocycles. The Hall–Kier alpha value is -1.87. The minimum atomic E-state index is -0.00624. The monoisotopic (exact) mass is 284 g/mol. The van der Waals surface area contributed by atoms with Gasteiger partial charge in [0.2, 0.25) is 0 Å². The molecule has 0 aliphatic heterocycles. The van der Waals surface area contributed by atoms with Crippen LogP contribution in [0, 0.1) is 6.92 Å². The summed E-state index contributed by atoms with van der Waals surface area (Å²) in [6, 6.07) is 14.0. The van der Waals surface area contributed by atoms with Gasteiger partial charge in [0.15, 0.2) is 0 Å². The van der Waals surface area contributed by atoms with Gasteiger partial charge in [0, 0.05) is 17.8 Å². The highest BCUT2D eigenvalue weighted by molar-refractivity contribution is 5.27. The third kappa shape index (κ3) is 4.87. The fraction of sp³-hybridized carbons (Fsp3) is 0.389. The predicted molar refractivity (Wildman–Crippen MR) is 86.3 cm³/mol. The molecule has 0 radical (unpaired) electrons. The van der Waals surface area contributed by atoms with E-state index in [1.54, 1.807) is 6.07 Å². The largest absolute Gasteiger partial charge is 0.506 e. The van der Waals surface area contributed by atoms with Crippen molar-refractivity contribution in [2.45, 2.75) is 45.7 Å². The Morgan fingerprint density at radius 2 is 1.81 bits per heavy atom. The van der Waals surface area contributed by atoms with Crippen molar-refractivity contribution in [2.75, 3.05) is 0 Å². The molecule has 1 aromatic heterocycles. The third-order valence-electron chi connectivity index (χ3n) is 3.71. The Labute approximate surface area is 127 Å². The summed E-state index contributed by atoms with van der Waals surface area (Å²) in [5, 5.41) is 13.3. The number of nitrogens with zero attached hydrogens (tertiary/aromatic N) is 1. The second-order valence-corrected chi connectivity index (χ2v) is 6.14. The van der Waals surface area contributed by atoms with Gasteiger partial charge in [-0.1, -0.05) is 30.3 Å². The van der Waals surface area contributed by atoms with Gasteiger partial charge in [-0.3, -0.25) is 4.98 Å². The first kappa shape index (κ1) is 15.5. The van der Waals surface area contributed by atoms with E-state index in [1.165, 1.54) is 5.56 Å². The van der Waals surface area contributed by atoms with Crippen molar-refractivity contribution in [3.8, 4) is 5.75 Å². The van der Waals surface area contributed by atoms with Gasteiger partial charge in [-0.05, 0) is 51.3 Å². The van der Waals surface area contributed by atoms with Crippen LogP contribution >= 0.6 is 0 Å². The lowest BCUT2D eigenvalue weighted by atomic mass is 9.95. The van der Waals surface area contributed by atoms with Gasteiger partial charge in [0.25, 0.3) is 0 Å². The van der Waals surface area contributed by atoms with Crippen LogP contribution in [0.3, 0.4) is 0 Å². The van der Waals surface area contributed by atoms with Gasteiger partial charge in [0.1, 0.15) is 5.75 Å². The maximum absolute atomic E-state index is 9.84. The Balaban J connectivity index is 1.90. The van der Waals surface area contributed by atoms with E-state index in [0.717, 1.165) is 18.5 Å². The Morgan fingerprint density at radius 3 is 2.52 bits per heavy atom. The molecule has 3 nitrogen and oxygen atoms in total. The molecule has 0 saturated heterocycles. The SMILES string of the molecule is Cc1ccc(O)c(CNC(C)(C)CCc2ccccc2)n1. The summed E-state index contributed by atoms with van der Waals surface area (Å²) in [5.41, 5.74) is 2.98. The van der Waals surface area contributed by atoms with Crippen molar-refractivity contribution in [3.05, 3.63) is 59.4 Å². The lowest BCUT2D eigenvalue weighted by molar-refractivity contribution is 0.353. The zero-order chi connectivity index (χ0) is 15.3. The van der Waals surface area contributed by atoms with Crippen LogP contribution in [0.1, 0.15) is 37.2 Å². The molecule has 0 spiro atoms. The Kier molecular flexibility index (Phi) is 4.97. The van der Waals surface area contributed by atoms with Crippen molar-refractivity contribution in [1.29, 1.82) is 0 Å². The fourth-order valence-corrected chi connectivity index (χ4v) is 2.25. The van der Waals surface area contributed by atoms with E-state index in [1.807, 2.05) is 19.1 Å². The van der Waals surface area contributed by atoms with Crippen molar-refractivity contribution < 1.29 is 5.11 Å². The Bertz CT molecular complexity index is 579. The molecular weight excluding hydrogens is 260 g/mol. The number of aryl methyl sites for hydroxylation is 2. The summed E-state index contributed by atoms with van der Waals surface area (Å²) < 4.78 is 0. The van der Waals surface area contributed by atoms with E-state index in [0.29, 0.717) is 12.2 Å². The van der Waals surface area contributed by atoms with Crippen molar-refractivity contribution in [3.63, 3.8) is 0 Å². The molecule has 2 rings (SSSR count). The van der Waals surface area contributed by atoms with E-state index < -0.39 is 0 Å². The van der Waals surface area contributed by atoms with Crippen LogP contribution < -0.4 is 5.32 Å². The highest BCUT2D eigenvalue weighted by Gasteiger charge is 2.17. The van der Waals surface area contributed by atoms with Crippen LogP contribution in [0.25, 0.3) is 0 Å². The van der Waals surface area contributed by atoms with Gasteiger partial charge in [0.05, 0.1) is 5.69 Å². The number of hydrogen-bond donors (Lipinski definition) is 2. The Morgan fingerprint density at radius 1 is 1.10 bits per heavy atom. The standard InChI is InChI=1S/C18H24N2O/c1-14-9-10-17(21)16(20-14)13-19-18(2,3)12-11-15-7-5-4-6-8-15/h4-10,19,21H,11-13H2,1-3H3. The lowest BCUT2D eigenvalue weighted by Gasteiger charge is -2.26. The first-order chi connectivity index (χ1) is 9.96. The number of pyridine rings is 1. The molecule has 0 amide bonds. The molecule has 3 heteroatoms. The van der Waals surface area contributed by atoms with Crippen LogP contribution in [0.15, 0.2) is 42.5 Å². The highest BCUT2D eigenvalue weighted by atomic mass is 16.3. The molecule has 0 aliphatic rings. The smallest absolute Gasteiger partial charge is 0.138 e. The lowest BCUT2D eigenvalue weighted by Crippen LogP contribution is -2.39. The normalized spacial score (nSPS) is 11.6. The molecule has 2 aromatic rings. The molecule has 0 unspecified atom stereocenters. The van der Waals surface area contributed by atoms with Gasteiger partial charge >= 0.3 is 0 Å². The van der Waals surface area contributed by atoms with E-state index >= 15 is 0 Å². The summed E-state index contributed by atoms with van der Waals surface area (Å²) in [7, 11) is 0. The molecule has 112 valence electrons. The minimum absolute atomic E-state index is 0.00624. The summed E-state index contributed by atoms with van der Waals surface area (Å²) in [6.45, 7) is 6.88. The number of benzene rings is 1. The topological polar surface area (TPSA) is 45.1 Å². The molecule has 1 heterocycles. The molecular formula is C18H24N2O. The van der Waals surface area contributed by atoms with Gasteiger partial charge in [-0.2, -0.15) is 0 Å². The predicted octanol–water partition coefficient (Wildman–Crippen LogP) is 3.60. The second kappa shape index (κ2) is 6.72. The zero-order valence-corrected chi connectivity index (χ0v) is 13.1. The molecule has 1 aromatic carbocycles. The van der Waals surface area contributed by atoms with Crippen LogP contribution in [-0.4, -0.2) is 15.6 Å². The minimum Gasteiger partial charge on any atom is -0.506 e. The highest BCUT2D eigenvalue weighted by Crippen LogP contribution is 2.18. The molecule has 0 saturated carbocycles. The van der Waals surface area contributed by atoms with Crippen molar-refractivity contribution >= 4 is 0 Å². The van der Waals surface area contributed by atoms with Gasteiger partial charge < -0.3 is 10.4 Å². The fourth-order valence-electron chi connectivity index (χ4n) is 2.25. The molecule has 0 bridgehead atoms. The average molecular weight is 284 g/mol. The number of aromatic nitrogens is 1. The second-order valence-electron chi connectivity index (χ2n) is 6.14. The van der Waals surface area contributed by atoms with E-state index in [9.17, 15) is 5.11 Å². The van der Waals surface area contributed by atoms with E-state index in [4.69, 9.17) is 0 Å². The van der Waals surface area contributed by atoms with Crippen LogP contribution in [0.5, 0.6) is 5.75 Å². The van der Waals surface area contributed by atoms with Crippen LogP contribution in [0.4, 0.5) is 0 Å². The maximum Gasteiger partial charge on any atom is 0.138 e. The van der Waals surface area contributed by atoms with Gasteiger partial charge in [-0.15, -0.1) is 0 Å². The summed E-state index contributed by atoms with van der Waals surface area (Å²) >= 11 is 0. The molecule has 21 heavy (non-hydrogen) atoms. The van der Waals surface area contributed by atoms with Crippen LogP contribution in [-0.2, 0) is 13.0 Å². The summed E-state index contributed by atoms with van der Waals surface area (Å²) in [6.07, 6.45) is 2.07. The maximum atomic E-state index is 9.84. The van der Waals surface area contributed by atoms with Crippen LogP contribution in [0.2, 0.25) is 0 Å².